The highest BCUT2D eigenvalue weighted by Gasteiger charge is 2.51. The molecule has 0 aliphatic carbocycles. The van der Waals surface area contributed by atoms with Crippen LogP contribution in [0.25, 0.3) is 0 Å². The van der Waals surface area contributed by atoms with Crippen molar-refractivity contribution in [1.29, 1.82) is 0 Å². The van der Waals surface area contributed by atoms with E-state index >= 15 is 0 Å². The van der Waals surface area contributed by atoms with E-state index < -0.39 is 42.7 Å². The fraction of sp³-hybridized carbons (Fsp3) is 0.611. The van der Waals surface area contributed by atoms with E-state index in [-0.39, 0.29) is 24.8 Å². The van der Waals surface area contributed by atoms with Crippen LogP contribution in [0.4, 0.5) is 13.2 Å². The molecule has 2 aliphatic rings. The van der Waals surface area contributed by atoms with Gasteiger partial charge in [-0.05, 0) is 45.6 Å². The summed E-state index contributed by atoms with van der Waals surface area (Å²) in [5, 5.41) is 0. The number of carbonyl (C=O) groups is 1. The number of amides is 1. The lowest BCUT2D eigenvalue weighted by molar-refractivity contribution is -0.137. The summed E-state index contributed by atoms with van der Waals surface area (Å²) >= 11 is 0. The van der Waals surface area contributed by atoms with Crippen molar-refractivity contribution in [3.63, 3.8) is 0 Å². The fourth-order valence-electron chi connectivity index (χ4n) is 4.11. The lowest BCUT2D eigenvalue weighted by Crippen LogP contribution is -2.48. The molecule has 0 saturated carbocycles. The van der Waals surface area contributed by atoms with E-state index in [0.29, 0.717) is 31.7 Å². The number of hydrogen-bond donors (Lipinski definition) is 0. The zero-order chi connectivity index (χ0) is 19.8. The Morgan fingerprint density at radius 2 is 1.59 bits per heavy atom. The molecule has 2 fully saturated rings. The first-order valence-electron chi connectivity index (χ1n) is 9.17. The number of rotatable bonds is 6. The molecular weight excluding hydrogens is 382 g/mol. The van der Waals surface area contributed by atoms with Crippen LogP contribution in [0, 0.1) is 17.5 Å². The quantitative estimate of drug-likeness (QED) is 0.514. The SMILES string of the molecule is CCOP(=O)(OCC)C1CC[C@H]2CC[C@@H](c3cc(F)c(F)cc3F)N2C1=O. The van der Waals surface area contributed by atoms with Crippen LogP contribution < -0.4 is 0 Å². The number of carbonyl (C=O) groups excluding carboxylic acids is 1. The summed E-state index contributed by atoms with van der Waals surface area (Å²) in [5.41, 5.74) is -1.03. The summed E-state index contributed by atoms with van der Waals surface area (Å²) in [6, 6.07) is 0.425. The molecule has 2 heterocycles. The zero-order valence-electron chi connectivity index (χ0n) is 15.3. The van der Waals surface area contributed by atoms with E-state index in [4.69, 9.17) is 9.05 Å². The van der Waals surface area contributed by atoms with Gasteiger partial charge < -0.3 is 13.9 Å². The average molecular weight is 405 g/mol. The van der Waals surface area contributed by atoms with Crippen molar-refractivity contribution in [2.24, 2.45) is 0 Å². The summed E-state index contributed by atoms with van der Waals surface area (Å²) in [6.07, 6.45) is 1.97. The number of benzene rings is 1. The Balaban J connectivity index is 1.94. The van der Waals surface area contributed by atoms with Gasteiger partial charge in [0.15, 0.2) is 11.6 Å². The van der Waals surface area contributed by atoms with E-state index in [1.807, 2.05) is 0 Å². The Morgan fingerprint density at radius 3 is 2.22 bits per heavy atom. The minimum atomic E-state index is -3.67. The van der Waals surface area contributed by atoms with Crippen molar-refractivity contribution >= 4 is 13.5 Å². The first-order valence-corrected chi connectivity index (χ1v) is 10.8. The Kier molecular flexibility index (Phi) is 5.99. The van der Waals surface area contributed by atoms with Crippen molar-refractivity contribution in [2.75, 3.05) is 13.2 Å². The van der Waals surface area contributed by atoms with Gasteiger partial charge in [-0.25, -0.2) is 13.2 Å². The topological polar surface area (TPSA) is 55.8 Å². The van der Waals surface area contributed by atoms with Gasteiger partial charge in [0, 0.05) is 17.7 Å². The van der Waals surface area contributed by atoms with Crippen molar-refractivity contribution in [3.05, 3.63) is 35.1 Å². The van der Waals surface area contributed by atoms with Crippen molar-refractivity contribution in [1.82, 2.24) is 4.90 Å². The number of halogens is 3. The Morgan fingerprint density at radius 1 is 1.00 bits per heavy atom. The second-order valence-electron chi connectivity index (χ2n) is 6.75. The highest BCUT2D eigenvalue weighted by atomic mass is 31.2. The van der Waals surface area contributed by atoms with E-state index in [1.165, 1.54) is 4.90 Å². The third-order valence-corrected chi connectivity index (χ3v) is 7.69. The lowest BCUT2D eigenvalue weighted by Gasteiger charge is -2.40. The third kappa shape index (κ3) is 3.67. The van der Waals surface area contributed by atoms with Gasteiger partial charge in [-0.1, -0.05) is 0 Å². The first-order chi connectivity index (χ1) is 12.8. The summed E-state index contributed by atoms with van der Waals surface area (Å²) in [4.78, 5) is 14.6. The minimum Gasteiger partial charge on any atom is -0.332 e. The second kappa shape index (κ2) is 7.94. The maximum atomic E-state index is 14.3. The molecule has 0 bridgehead atoms. The molecular formula is C18H23F3NO4P. The molecule has 3 rings (SSSR count). The van der Waals surface area contributed by atoms with Crippen LogP contribution in [0.3, 0.4) is 0 Å². The largest absolute Gasteiger partial charge is 0.343 e. The molecule has 5 nitrogen and oxygen atoms in total. The molecule has 2 aliphatic heterocycles. The van der Waals surface area contributed by atoms with Gasteiger partial charge in [0.25, 0.3) is 0 Å². The molecule has 1 aromatic rings. The van der Waals surface area contributed by atoms with Gasteiger partial charge in [-0.2, -0.15) is 0 Å². The molecule has 0 aromatic heterocycles. The molecule has 27 heavy (non-hydrogen) atoms. The van der Waals surface area contributed by atoms with Crippen LogP contribution in [-0.4, -0.2) is 35.7 Å². The van der Waals surface area contributed by atoms with E-state index in [0.717, 1.165) is 6.07 Å². The number of piperidine rings is 1. The summed E-state index contributed by atoms with van der Waals surface area (Å²) in [6.45, 7) is 3.59. The van der Waals surface area contributed by atoms with Crippen LogP contribution in [0.15, 0.2) is 12.1 Å². The van der Waals surface area contributed by atoms with E-state index in [2.05, 4.69) is 0 Å². The normalized spacial score (nSPS) is 25.7. The molecule has 1 aromatic carbocycles. The molecule has 9 heteroatoms. The van der Waals surface area contributed by atoms with Gasteiger partial charge >= 0.3 is 7.60 Å². The molecule has 0 spiro atoms. The standard InChI is InChI=1S/C18H23F3NO4P/c1-3-25-27(24,26-4-2)17-8-6-11-5-7-16(22(11)18(17)23)12-9-14(20)15(21)10-13(12)19/h9-11,16-17H,3-8H2,1-2H3/t11-,16+,17?/m1/s1. The van der Waals surface area contributed by atoms with Crippen molar-refractivity contribution in [3.8, 4) is 0 Å². The highest BCUT2D eigenvalue weighted by molar-refractivity contribution is 7.55. The van der Waals surface area contributed by atoms with Crippen LogP contribution in [-0.2, 0) is 18.4 Å². The van der Waals surface area contributed by atoms with Crippen LogP contribution in [0.1, 0.15) is 51.1 Å². The Bertz CT molecular complexity index is 765. The zero-order valence-corrected chi connectivity index (χ0v) is 16.2. The van der Waals surface area contributed by atoms with Crippen LogP contribution >= 0.6 is 7.60 Å². The van der Waals surface area contributed by atoms with Gasteiger partial charge in [0.2, 0.25) is 5.91 Å². The minimum absolute atomic E-state index is 0.0620. The first kappa shape index (κ1) is 20.4. The number of hydrogen-bond acceptors (Lipinski definition) is 4. The lowest BCUT2D eigenvalue weighted by atomic mass is 10.0. The molecule has 2 saturated heterocycles. The molecule has 1 amide bonds. The maximum absolute atomic E-state index is 14.3. The predicted octanol–water partition coefficient (Wildman–Crippen LogP) is 4.56. The monoisotopic (exact) mass is 405 g/mol. The Hall–Kier alpha value is -1.37. The third-order valence-electron chi connectivity index (χ3n) is 5.21. The maximum Gasteiger partial charge on any atom is 0.343 e. The van der Waals surface area contributed by atoms with Gasteiger partial charge in [0.1, 0.15) is 11.5 Å². The molecule has 150 valence electrons. The van der Waals surface area contributed by atoms with E-state index in [1.54, 1.807) is 13.8 Å². The van der Waals surface area contributed by atoms with Gasteiger partial charge in [-0.15, -0.1) is 0 Å². The van der Waals surface area contributed by atoms with Crippen LogP contribution in [0.2, 0.25) is 0 Å². The highest BCUT2D eigenvalue weighted by Crippen LogP contribution is 2.58. The fourth-order valence-corrected chi connectivity index (χ4v) is 6.14. The van der Waals surface area contributed by atoms with Crippen molar-refractivity contribution in [2.45, 2.75) is 57.3 Å². The van der Waals surface area contributed by atoms with Crippen molar-refractivity contribution < 1.29 is 31.6 Å². The van der Waals surface area contributed by atoms with Crippen LogP contribution in [0.5, 0.6) is 0 Å². The summed E-state index contributed by atoms with van der Waals surface area (Å²) < 4.78 is 65.0. The van der Waals surface area contributed by atoms with Gasteiger partial charge in [-0.3, -0.25) is 9.36 Å². The second-order valence-corrected chi connectivity index (χ2v) is 8.97. The smallest absolute Gasteiger partial charge is 0.332 e. The molecule has 0 N–H and O–H groups in total. The number of fused-ring (bicyclic) bond motifs is 1. The van der Waals surface area contributed by atoms with E-state index in [9.17, 15) is 22.5 Å². The summed E-state index contributed by atoms with van der Waals surface area (Å²) in [7, 11) is -3.67. The van der Waals surface area contributed by atoms with Gasteiger partial charge in [0.05, 0.1) is 19.3 Å². The molecule has 3 atom stereocenters. The molecule has 1 unspecified atom stereocenters. The Labute approximate surface area is 156 Å². The number of nitrogens with zero attached hydrogens (tertiary/aromatic N) is 1. The predicted molar refractivity (Wildman–Crippen MR) is 92.8 cm³/mol. The average Bonchev–Trinajstić information content (AvgIpc) is 3.03. The summed E-state index contributed by atoms with van der Waals surface area (Å²) in [5.74, 6) is -3.77. The molecule has 0 radical (unpaired) electrons.